The topological polar surface area (TPSA) is 26.3 Å². The number of ether oxygens (including phenoxy) is 1. The van der Waals surface area contributed by atoms with E-state index in [1.807, 2.05) is 0 Å². The van der Waals surface area contributed by atoms with Crippen molar-refractivity contribution < 1.29 is 9.53 Å². The van der Waals surface area contributed by atoms with Crippen LogP contribution in [0.1, 0.15) is 40.0 Å². The molecule has 1 atom stereocenters. The molecular weight excluding hydrogens is 200 g/mol. The molecule has 0 aromatic carbocycles. The van der Waals surface area contributed by atoms with Crippen molar-refractivity contribution in [2.24, 2.45) is 5.92 Å². The van der Waals surface area contributed by atoms with Gasteiger partial charge in [0.2, 0.25) is 0 Å². The van der Waals surface area contributed by atoms with E-state index >= 15 is 0 Å². The van der Waals surface area contributed by atoms with Crippen molar-refractivity contribution in [3.63, 3.8) is 0 Å². The van der Waals surface area contributed by atoms with Gasteiger partial charge in [-0.1, -0.05) is 18.6 Å². The van der Waals surface area contributed by atoms with E-state index in [1.165, 1.54) is 5.57 Å². The standard InChI is InChI=1S/C11H19ClO2/c1-9(2)5-4-6-10(3)7-8-14-11(12)13/h5,10H,4,6-8H2,1-3H3. The molecule has 14 heavy (non-hydrogen) atoms. The van der Waals surface area contributed by atoms with E-state index in [0.717, 1.165) is 19.3 Å². The number of carbonyl (C=O) groups is 1. The van der Waals surface area contributed by atoms with Gasteiger partial charge in [-0.15, -0.1) is 0 Å². The van der Waals surface area contributed by atoms with Gasteiger partial charge in [-0.3, -0.25) is 0 Å². The van der Waals surface area contributed by atoms with Crippen LogP contribution in [0.25, 0.3) is 0 Å². The Hall–Kier alpha value is -0.500. The number of hydrogen-bond donors (Lipinski definition) is 0. The summed E-state index contributed by atoms with van der Waals surface area (Å²) < 4.78 is 4.65. The number of hydrogen-bond acceptors (Lipinski definition) is 2. The van der Waals surface area contributed by atoms with Crippen LogP contribution in [0.3, 0.4) is 0 Å². The van der Waals surface area contributed by atoms with E-state index in [2.05, 4.69) is 31.6 Å². The van der Waals surface area contributed by atoms with Crippen LogP contribution in [-0.2, 0) is 4.74 Å². The minimum atomic E-state index is -0.707. The Balaban J connectivity index is 3.41. The molecule has 0 saturated heterocycles. The fourth-order valence-electron chi connectivity index (χ4n) is 1.14. The Morgan fingerprint density at radius 1 is 1.43 bits per heavy atom. The van der Waals surface area contributed by atoms with Crippen LogP contribution < -0.4 is 0 Å². The normalized spacial score (nSPS) is 12.0. The lowest BCUT2D eigenvalue weighted by Gasteiger charge is -2.08. The quantitative estimate of drug-likeness (QED) is 0.495. The van der Waals surface area contributed by atoms with Gasteiger partial charge in [-0.05, 0) is 39.0 Å². The SMILES string of the molecule is CC(C)=CCCC(C)CCOC(=O)Cl. The summed E-state index contributed by atoms with van der Waals surface area (Å²) >= 11 is 5.04. The molecule has 1 unspecified atom stereocenters. The number of halogens is 1. The Bertz CT molecular complexity index is 195. The average molecular weight is 219 g/mol. The average Bonchev–Trinajstić information content (AvgIpc) is 2.02. The van der Waals surface area contributed by atoms with Gasteiger partial charge in [-0.2, -0.15) is 0 Å². The molecule has 82 valence electrons. The highest BCUT2D eigenvalue weighted by Gasteiger charge is 2.02. The molecule has 0 aromatic heterocycles. The maximum Gasteiger partial charge on any atom is 0.403 e. The third-order valence-corrected chi connectivity index (χ3v) is 2.15. The zero-order chi connectivity index (χ0) is 11.0. The first-order chi connectivity index (χ1) is 6.52. The van der Waals surface area contributed by atoms with Crippen molar-refractivity contribution in [2.45, 2.75) is 40.0 Å². The minimum Gasteiger partial charge on any atom is -0.454 e. The van der Waals surface area contributed by atoms with Crippen LogP contribution in [0.5, 0.6) is 0 Å². The van der Waals surface area contributed by atoms with Crippen molar-refractivity contribution in [3.05, 3.63) is 11.6 Å². The highest BCUT2D eigenvalue weighted by atomic mass is 35.5. The third-order valence-electron chi connectivity index (χ3n) is 2.04. The monoisotopic (exact) mass is 218 g/mol. The highest BCUT2D eigenvalue weighted by Crippen LogP contribution is 2.11. The Labute approximate surface area is 91.3 Å². The van der Waals surface area contributed by atoms with Gasteiger partial charge in [0.1, 0.15) is 0 Å². The lowest BCUT2D eigenvalue weighted by Crippen LogP contribution is -2.03. The summed E-state index contributed by atoms with van der Waals surface area (Å²) in [6.07, 6.45) is 5.34. The minimum absolute atomic E-state index is 0.429. The molecule has 0 bridgehead atoms. The fraction of sp³-hybridized carbons (Fsp3) is 0.727. The van der Waals surface area contributed by atoms with Crippen LogP contribution in [-0.4, -0.2) is 12.0 Å². The summed E-state index contributed by atoms with van der Waals surface area (Å²) in [6, 6.07) is 0. The van der Waals surface area contributed by atoms with Crippen molar-refractivity contribution in [2.75, 3.05) is 6.61 Å². The largest absolute Gasteiger partial charge is 0.454 e. The zero-order valence-corrected chi connectivity index (χ0v) is 9.93. The lowest BCUT2D eigenvalue weighted by molar-refractivity contribution is 0.165. The molecule has 0 amide bonds. The zero-order valence-electron chi connectivity index (χ0n) is 9.18. The molecule has 0 aromatic rings. The van der Waals surface area contributed by atoms with Gasteiger partial charge < -0.3 is 4.74 Å². The first-order valence-corrected chi connectivity index (χ1v) is 5.35. The fourth-order valence-corrected chi connectivity index (χ4v) is 1.22. The summed E-state index contributed by atoms with van der Waals surface area (Å²) in [4.78, 5) is 10.3. The van der Waals surface area contributed by atoms with E-state index in [9.17, 15) is 4.79 Å². The summed E-state index contributed by atoms with van der Waals surface area (Å²) in [5.41, 5.74) is 0.644. The highest BCUT2D eigenvalue weighted by molar-refractivity contribution is 6.61. The maximum absolute atomic E-state index is 10.3. The van der Waals surface area contributed by atoms with Crippen molar-refractivity contribution >= 4 is 17.0 Å². The molecule has 0 spiro atoms. The van der Waals surface area contributed by atoms with Gasteiger partial charge in [0, 0.05) is 11.6 Å². The molecule has 0 fully saturated rings. The molecule has 0 heterocycles. The van der Waals surface area contributed by atoms with E-state index in [0.29, 0.717) is 12.5 Å². The number of allylic oxidation sites excluding steroid dienone is 2. The number of carbonyl (C=O) groups excluding carboxylic acids is 1. The van der Waals surface area contributed by atoms with E-state index in [4.69, 9.17) is 11.6 Å². The number of rotatable bonds is 6. The summed E-state index contributed by atoms with van der Waals surface area (Å²) in [5, 5.41) is 0. The predicted molar refractivity (Wildman–Crippen MR) is 59.6 cm³/mol. The van der Waals surface area contributed by atoms with E-state index < -0.39 is 5.43 Å². The van der Waals surface area contributed by atoms with E-state index in [1.54, 1.807) is 0 Å². The molecule has 0 radical (unpaired) electrons. The summed E-state index contributed by atoms with van der Waals surface area (Å²) in [6.45, 7) is 6.78. The van der Waals surface area contributed by atoms with Crippen molar-refractivity contribution in [3.8, 4) is 0 Å². The lowest BCUT2D eigenvalue weighted by atomic mass is 10.0. The van der Waals surface area contributed by atoms with Gasteiger partial charge in [0.05, 0.1) is 6.61 Å². The van der Waals surface area contributed by atoms with Crippen molar-refractivity contribution in [1.29, 1.82) is 0 Å². The van der Waals surface area contributed by atoms with Crippen molar-refractivity contribution in [1.82, 2.24) is 0 Å². The second kappa shape index (κ2) is 7.86. The third kappa shape index (κ3) is 9.59. The van der Waals surface area contributed by atoms with Gasteiger partial charge >= 0.3 is 5.43 Å². The molecular formula is C11H19ClO2. The molecule has 3 heteroatoms. The Morgan fingerprint density at radius 3 is 2.57 bits per heavy atom. The molecule has 0 aliphatic carbocycles. The van der Waals surface area contributed by atoms with Crippen LogP contribution in [0.4, 0.5) is 4.79 Å². The predicted octanol–water partition coefficient (Wildman–Crippen LogP) is 4.13. The molecule has 0 aliphatic rings. The van der Waals surface area contributed by atoms with Crippen LogP contribution in [0.15, 0.2) is 11.6 Å². The maximum atomic E-state index is 10.3. The molecule has 0 aliphatic heterocycles. The van der Waals surface area contributed by atoms with Crippen LogP contribution >= 0.6 is 11.6 Å². The summed E-state index contributed by atoms with van der Waals surface area (Å²) in [7, 11) is 0. The van der Waals surface area contributed by atoms with E-state index in [-0.39, 0.29) is 0 Å². The second-order valence-corrected chi connectivity index (χ2v) is 4.15. The van der Waals surface area contributed by atoms with Gasteiger partial charge in [-0.25, -0.2) is 4.79 Å². The van der Waals surface area contributed by atoms with Crippen LogP contribution in [0, 0.1) is 5.92 Å². The Kier molecular flexibility index (Phi) is 7.58. The summed E-state index contributed by atoms with van der Waals surface area (Å²) in [5.74, 6) is 0.571. The van der Waals surface area contributed by atoms with Crippen LogP contribution in [0.2, 0.25) is 0 Å². The molecule has 0 saturated carbocycles. The first-order valence-electron chi connectivity index (χ1n) is 4.98. The molecule has 0 N–H and O–H groups in total. The second-order valence-electron chi connectivity index (χ2n) is 3.84. The smallest absolute Gasteiger partial charge is 0.403 e. The Morgan fingerprint density at radius 2 is 2.07 bits per heavy atom. The van der Waals surface area contributed by atoms with Gasteiger partial charge in [0.25, 0.3) is 0 Å². The molecule has 0 rings (SSSR count). The molecule has 2 nitrogen and oxygen atoms in total. The first kappa shape index (κ1) is 13.5. The van der Waals surface area contributed by atoms with Gasteiger partial charge in [0.15, 0.2) is 0 Å².